The Balaban J connectivity index is 2.71. The first-order valence-electron chi connectivity index (χ1n) is 4.96. The third-order valence-corrected chi connectivity index (χ3v) is 2.29. The molecule has 0 aliphatic heterocycles. The van der Waals surface area contributed by atoms with Crippen LogP contribution in [0.4, 0.5) is 0 Å². The maximum atomic E-state index is 11.9. The highest BCUT2D eigenvalue weighted by atomic mass is 16.2. The molecule has 0 spiro atoms. The van der Waals surface area contributed by atoms with Crippen LogP contribution in [0.1, 0.15) is 16.1 Å². The van der Waals surface area contributed by atoms with Gasteiger partial charge in [-0.05, 0) is 14.0 Å². The van der Waals surface area contributed by atoms with Gasteiger partial charge in [-0.2, -0.15) is 5.10 Å². The van der Waals surface area contributed by atoms with Gasteiger partial charge in [0.15, 0.2) is 0 Å². The second-order valence-electron chi connectivity index (χ2n) is 3.63. The lowest BCUT2D eigenvalue weighted by Gasteiger charge is -2.16. The second kappa shape index (κ2) is 4.93. The third-order valence-electron chi connectivity index (χ3n) is 2.29. The molecule has 1 amide bonds. The van der Waals surface area contributed by atoms with Gasteiger partial charge in [0.05, 0.1) is 11.3 Å². The molecular weight excluding hydrogens is 192 g/mol. The van der Waals surface area contributed by atoms with Crippen LogP contribution in [-0.4, -0.2) is 47.8 Å². The standard InChI is InChI=1S/C10H18N4O/c1-8-9(7-14(4)12-8)10(15)13(3)6-5-11-2/h7,11H,5-6H2,1-4H3. The highest BCUT2D eigenvalue weighted by Crippen LogP contribution is 2.07. The molecule has 1 aromatic heterocycles. The zero-order valence-corrected chi connectivity index (χ0v) is 9.74. The number of likely N-dealkylation sites (N-methyl/N-ethyl adjacent to an activating group) is 2. The van der Waals surface area contributed by atoms with Crippen molar-refractivity contribution in [3.63, 3.8) is 0 Å². The molecule has 1 aromatic rings. The monoisotopic (exact) mass is 210 g/mol. The average molecular weight is 210 g/mol. The van der Waals surface area contributed by atoms with E-state index in [9.17, 15) is 4.79 Å². The molecular formula is C10H18N4O. The van der Waals surface area contributed by atoms with Crippen molar-refractivity contribution in [2.75, 3.05) is 27.2 Å². The summed E-state index contributed by atoms with van der Waals surface area (Å²) in [5.74, 6) is 0.0239. The van der Waals surface area contributed by atoms with Gasteiger partial charge in [-0.3, -0.25) is 9.48 Å². The Morgan fingerprint density at radius 2 is 2.33 bits per heavy atom. The summed E-state index contributed by atoms with van der Waals surface area (Å²) in [6.07, 6.45) is 1.76. The van der Waals surface area contributed by atoms with Crippen molar-refractivity contribution in [1.82, 2.24) is 20.0 Å². The SMILES string of the molecule is CNCCN(C)C(=O)c1cn(C)nc1C. The van der Waals surface area contributed by atoms with Crippen LogP contribution >= 0.6 is 0 Å². The molecule has 0 aliphatic carbocycles. The molecule has 0 saturated heterocycles. The molecule has 0 bridgehead atoms. The van der Waals surface area contributed by atoms with E-state index in [1.807, 2.05) is 21.0 Å². The van der Waals surface area contributed by atoms with Gasteiger partial charge in [-0.25, -0.2) is 0 Å². The number of nitrogens with one attached hydrogen (secondary N) is 1. The molecule has 5 heteroatoms. The van der Waals surface area contributed by atoms with E-state index < -0.39 is 0 Å². The highest BCUT2D eigenvalue weighted by molar-refractivity contribution is 5.94. The van der Waals surface area contributed by atoms with Gasteiger partial charge in [0, 0.05) is 33.4 Å². The summed E-state index contributed by atoms with van der Waals surface area (Å²) in [6, 6.07) is 0. The Morgan fingerprint density at radius 1 is 1.67 bits per heavy atom. The summed E-state index contributed by atoms with van der Waals surface area (Å²) in [6.45, 7) is 3.34. The number of nitrogens with zero attached hydrogens (tertiary/aromatic N) is 3. The van der Waals surface area contributed by atoms with Gasteiger partial charge in [0.2, 0.25) is 0 Å². The molecule has 1 heterocycles. The van der Waals surface area contributed by atoms with Crippen LogP contribution in [0, 0.1) is 6.92 Å². The Kier molecular flexibility index (Phi) is 3.85. The number of aryl methyl sites for hydroxylation is 2. The molecule has 5 nitrogen and oxygen atoms in total. The van der Waals surface area contributed by atoms with E-state index in [1.165, 1.54) is 0 Å². The smallest absolute Gasteiger partial charge is 0.257 e. The summed E-state index contributed by atoms with van der Waals surface area (Å²) < 4.78 is 1.66. The Hall–Kier alpha value is -1.36. The molecule has 0 aliphatic rings. The van der Waals surface area contributed by atoms with E-state index >= 15 is 0 Å². The summed E-state index contributed by atoms with van der Waals surface area (Å²) in [5.41, 5.74) is 1.45. The number of carbonyl (C=O) groups excluding carboxylic acids is 1. The minimum atomic E-state index is 0.0239. The van der Waals surface area contributed by atoms with Gasteiger partial charge >= 0.3 is 0 Å². The van der Waals surface area contributed by atoms with Crippen LogP contribution in [0.3, 0.4) is 0 Å². The number of rotatable bonds is 4. The van der Waals surface area contributed by atoms with Gasteiger partial charge in [-0.1, -0.05) is 0 Å². The average Bonchev–Trinajstić information content (AvgIpc) is 2.53. The molecule has 0 radical (unpaired) electrons. The zero-order chi connectivity index (χ0) is 11.4. The predicted octanol–water partition coefficient (Wildman–Crippen LogP) is 0.0199. The van der Waals surface area contributed by atoms with Crippen molar-refractivity contribution in [3.8, 4) is 0 Å². The first-order valence-corrected chi connectivity index (χ1v) is 4.96. The van der Waals surface area contributed by atoms with Crippen LogP contribution < -0.4 is 5.32 Å². The van der Waals surface area contributed by atoms with Gasteiger partial charge in [-0.15, -0.1) is 0 Å². The van der Waals surface area contributed by atoms with E-state index in [4.69, 9.17) is 0 Å². The molecule has 0 atom stereocenters. The second-order valence-corrected chi connectivity index (χ2v) is 3.63. The first-order chi connectivity index (χ1) is 7.06. The molecule has 0 fully saturated rings. The van der Waals surface area contributed by atoms with Crippen molar-refractivity contribution in [3.05, 3.63) is 17.5 Å². The van der Waals surface area contributed by atoms with Gasteiger partial charge in [0.25, 0.3) is 5.91 Å². The van der Waals surface area contributed by atoms with E-state index in [0.29, 0.717) is 12.1 Å². The lowest BCUT2D eigenvalue weighted by molar-refractivity contribution is 0.0796. The number of amides is 1. The Labute approximate surface area is 90.1 Å². The maximum Gasteiger partial charge on any atom is 0.257 e. The lowest BCUT2D eigenvalue weighted by atomic mass is 10.2. The molecule has 0 unspecified atom stereocenters. The maximum absolute atomic E-state index is 11.9. The molecule has 0 saturated carbocycles. The number of hydrogen-bond acceptors (Lipinski definition) is 3. The topological polar surface area (TPSA) is 50.2 Å². The van der Waals surface area contributed by atoms with Crippen LogP contribution in [0.25, 0.3) is 0 Å². The van der Waals surface area contributed by atoms with Crippen molar-refractivity contribution < 1.29 is 4.79 Å². The molecule has 1 rings (SSSR count). The molecule has 84 valence electrons. The summed E-state index contributed by atoms with van der Waals surface area (Å²) in [5, 5.41) is 7.16. The van der Waals surface area contributed by atoms with Crippen LogP contribution in [0.2, 0.25) is 0 Å². The largest absolute Gasteiger partial charge is 0.340 e. The van der Waals surface area contributed by atoms with Crippen LogP contribution in [0.15, 0.2) is 6.20 Å². The summed E-state index contributed by atoms with van der Waals surface area (Å²) in [4.78, 5) is 13.6. The summed E-state index contributed by atoms with van der Waals surface area (Å²) >= 11 is 0. The van der Waals surface area contributed by atoms with Crippen molar-refractivity contribution in [2.24, 2.45) is 7.05 Å². The molecule has 1 N–H and O–H groups in total. The van der Waals surface area contributed by atoms with Gasteiger partial charge < -0.3 is 10.2 Å². The van der Waals surface area contributed by atoms with Crippen molar-refractivity contribution in [2.45, 2.75) is 6.92 Å². The zero-order valence-electron chi connectivity index (χ0n) is 9.74. The van der Waals surface area contributed by atoms with E-state index in [0.717, 1.165) is 12.2 Å². The minimum absolute atomic E-state index is 0.0239. The van der Waals surface area contributed by atoms with E-state index in [2.05, 4.69) is 10.4 Å². The highest BCUT2D eigenvalue weighted by Gasteiger charge is 2.15. The van der Waals surface area contributed by atoms with Gasteiger partial charge in [0.1, 0.15) is 0 Å². The number of aromatic nitrogens is 2. The number of carbonyl (C=O) groups is 1. The van der Waals surface area contributed by atoms with Crippen molar-refractivity contribution in [1.29, 1.82) is 0 Å². The fourth-order valence-corrected chi connectivity index (χ4v) is 1.40. The van der Waals surface area contributed by atoms with Crippen LogP contribution in [-0.2, 0) is 7.05 Å². The predicted molar refractivity (Wildman–Crippen MR) is 58.8 cm³/mol. The third kappa shape index (κ3) is 2.79. The summed E-state index contributed by atoms with van der Waals surface area (Å²) in [7, 11) is 5.48. The fraction of sp³-hybridized carbons (Fsp3) is 0.600. The van der Waals surface area contributed by atoms with Crippen LogP contribution in [0.5, 0.6) is 0 Å². The fourth-order valence-electron chi connectivity index (χ4n) is 1.40. The van der Waals surface area contributed by atoms with Crippen molar-refractivity contribution >= 4 is 5.91 Å². The molecule has 0 aromatic carbocycles. The Morgan fingerprint density at radius 3 is 2.80 bits per heavy atom. The first kappa shape index (κ1) is 11.7. The normalized spacial score (nSPS) is 10.4. The quantitative estimate of drug-likeness (QED) is 0.762. The Bertz CT molecular complexity index is 345. The minimum Gasteiger partial charge on any atom is -0.340 e. The lowest BCUT2D eigenvalue weighted by Crippen LogP contribution is -2.32. The number of hydrogen-bond donors (Lipinski definition) is 1. The molecule has 15 heavy (non-hydrogen) atoms. The van der Waals surface area contributed by atoms with E-state index in [-0.39, 0.29) is 5.91 Å². The van der Waals surface area contributed by atoms with E-state index in [1.54, 1.807) is 22.8 Å².